The van der Waals surface area contributed by atoms with E-state index in [0.717, 1.165) is 18.4 Å². The van der Waals surface area contributed by atoms with E-state index >= 15 is 0 Å². The zero-order valence-corrected chi connectivity index (χ0v) is 10.8. The Morgan fingerprint density at radius 3 is 2.68 bits per heavy atom. The van der Waals surface area contributed by atoms with Crippen LogP contribution in [0.4, 0.5) is 4.39 Å². The van der Waals surface area contributed by atoms with E-state index in [1.807, 2.05) is 13.0 Å². The summed E-state index contributed by atoms with van der Waals surface area (Å²) >= 11 is 0. The lowest BCUT2D eigenvalue weighted by Gasteiger charge is -2.09. The highest BCUT2D eigenvalue weighted by molar-refractivity contribution is 5.29. The molecule has 1 aromatic carbocycles. The van der Waals surface area contributed by atoms with Crippen molar-refractivity contribution in [1.82, 2.24) is 4.98 Å². The molecule has 2 N–H and O–H groups in total. The van der Waals surface area contributed by atoms with Gasteiger partial charge in [0.05, 0.1) is 0 Å². The van der Waals surface area contributed by atoms with Crippen molar-refractivity contribution < 1.29 is 9.13 Å². The fourth-order valence-corrected chi connectivity index (χ4v) is 1.68. The van der Waals surface area contributed by atoms with Crippen LogP contribution in [-0.4, -0.2) is 11.0 Å². The molecule has 0 aliphatic heterocycles. The molecule has 1 atom stereocenters. The van der Waals surface area contributed by atoms with Crippen LogP contribution in [0.25, 0.3) is 0 Å². The van der Waals surface area contributed by atoms with E-state index in [1.54, 1.807) is 30.5 Å². The van der Waals surface area contributed by atoms with Crippen LogP contribution in [0.2, 0.25) is 0 Å². The lowest BCUT2D eigenvalue weighted by molar-refractivity contribution is 0.427. The fraction of sp³-hybridized carbons (Fsp3) is 0.267. The van der Waals surface area contributed by atoms with Crippen molar-refractivity contribution in [3.63, 3.8) is 0 Å². The second-order valence-corrected chi connectivity index (χ2v) is 4.41. The lowest BCUT2D eigenvalue weighted by atomic mass is 10.1. The van der Waals surface area contributed by atoms with Crippen molar-refractivity contribution in [2.45, 2.75) is 25.8 Å². The van der Waals surface area contributed by atoms with Gasteiger partial charge in [-0.3, -0.25) is 0 Å². The van der Waals surface area contributed by atoms with Crippen LogP contribution < -0.4 is 10.5 Å². The van der Waals surface area contributed by atoms with Gasteiger partial charge < -0.3 is 10.5 Å². The number of nitrogens with zero attached hydrogens (tertiary/aromatic N) is 1. The molecule has 1 unspecified atom stereocenters. The highest BCUT2D eigenvalue weighted by atomic mass is 19.1. The van der Waals surface area contributed by atoms with Crippen molar-refractivity contribution in [1.29, 1.82) is 0 Å². The number of aromatic nitrogens is 1. The predicted octanol–water partition coefficient (Wildman–Crippen LogP) is 3.29. The summed E-state index contributed by atoms with van der Waals surface area (Å²) in [5, 5.41) is 0. The van der Waals surface area contributed by atoms with Gasteiger partial charge in [-0.1, -0.05) is 25.1 Å². The third kappa shape index (κ3) is 3.76. The Morgan fingerprint density at radius 1 is 1.26 bits per heavy atom. The quantitative estimate of drug-likeness (QED) is 0.897. The van der Waals surface area contributed by atoms with E-state index in [9.17, 15) is 4.39 Å². The molecule has 0 bridgehead atoms. The zero-order valence-electron chi connectivity index (χ0n) is 10.8. The number of ether oxygens (including phenoxy) is 1. The number of nitrogens with two attached hydrogens (primary N) is 1. The maximum atomic E-state index is 13.4. The Kier molecular flexibility index (Phi) is 4.47. The smallest absolute Gasteiger partial charge is 0.219 e. The largest absolute Gasteiger partial charge is 0.436 e. The van der Waals surface area contributed by atoms with Gasteiger partial charge in [-0.15, -0.1) is 0 Å². The van der Waals surface area contributed by atoms with E-state index in [2.05, 4.69) is 4.98 Å². The van der Waals surface area contributed by atoms with Crippen LogP contribution in [0.3, 0.4) is 0 Å². The van der Waals surface area contributed by atoms with Gasteiger partial charge in [-0.05, 0) is 30.5 Å². The molecule has 3 nitrogen and oxygen atoms in total. The third-order valence-electron chi connectivity index (χ3n) is 2.87. The van der Waals surface area contributed by atoms with Crippen molar-refractivity contribution in [2.24, 2.45) is 5.73 Å². The molecule has 100 valence electrons. The standard InChI is InChI=1S/C15H17FN2O/c1-2-12(17)9-11-7-8-15(18-10-11)19-14-6-4-3-5-13(14)16/h3-8,10,12H,2,9,17H2,1H3. The summed E-state index contributed by atoms with van der Waals surface area (Å²) in [6.45, 7) is 2.05. The first-order valence-electron chi connectivity index (χ1n) is 6.32. The average molecular weight is 260 g/mol. The molecule has 2 aromatic rings. The molecule has 0 aliphatic rings. The van der Waals surface area contributed by atoms with Gasteiger partial charge in [0.1, 0.15) is 0 Å². The topological polar surface area (TPSA) is 48.1 Å². The Labute approximate surface area is 112 Å². The Morgan fingerprint density at radius 2 is 2.05 bits per heavy atom. The van der Waals surface area contributed by atoms with Crippen LogP contribution in [0.5, 0.6) is 11.6 Å². The molecule has 19 heavy (non-hydrogen) atoms. The van der Waals surface area contributed by atoms with E-state index in [4.69, 9.17) is 10.5 Å². The van der Waals surface area contributed by atoms with Gasteiger partial charge in [0.2, 0.25) is 5.88 Å². The summed E-state index contributed by atoms with van der Waals surface area (Å²) < 4.78 is 18.8. The van der Waals surface area contributed by atoms with Gasteiger partial charge in [-0.25, -0.2) is 9.37 Å². The molecule has 0 saturated heterocycles. The maximum Gasteiger partial charge on any atom is 0.219 e. The van der Waals surface area contributed by atoms with Gasteiger partial charge >= 0.3 is 0 Å². The first-order chi connectivity index (χ1) is 9.19. The molecule has 0 fully saturated rings. The number of hydrogen-bond donors (Lipinski definition) is 1. The summed E-state index contributed by atoms with van der Waals surface area (Å²) in [5.74, 6) is 0.147. The Balaban J connectivity index is 2.05. The Bertz CT molecular complexity index is 528. The van der Waals surface area contributed by atoms with E-state index in [-0.39, 0.29) is 11.8 Å². The molecule has 4 heteroatoms. The zero-order chi connectivity index (χ0) is 13.7. The first kappa shape index (κ1) is 13.5. The van der Waals surface area contributed by atoms with Crippen LogP contribution in [-0.2, 0) is 6.42 Å². The molecule has 1 aromatic heterocycles. The number of para-hydroxylation sites is 1. The minimum atomic E-state index is -0.401. The number of halogens is 1. The summed E-state index contributed by atoms with van der Waals surface area (Å²) in [6.07, 6.45) is 3.42. The lowest BCUT2D eigenvalue weighted by Crippen LogP contribution is -2.21. The van der Waals surface area contributed by atoms with Crippen LogP contribution >= 0.6 is 0 Å². The molecule has 0 saturated carbocycles. The average Bonchev–Trinajstić information content (AvgIpc) is 2.43. The summed E-state index contributed by atoms with van der Waals surface area (Å²) in [7, 11) is 0. The first-order valence-corrected chi connectivity index (χ1v) is 6.32. The van der Waals surface area contributed by atoms with Gasteiger partial charge in [-0.2, -0.15) is 0 Å². The molecule has 0 radical (unpaired) electrons. The highest BCUT2D eigenvalue weighted by Gasteiger charge is 2.05. The monoisotopic (exact) mass is 260 g/mol. The summed E-state index contributed by atoms with van der Waals surface area (Å²) in [6, 6.07) is 10.0. The number of hydrogen-bond acceptors (Lipinski definition) is 3. The normalized spacial score (nSPS) is 12.2. The van der Waals surface area contributed by atoms with Gasteiger partial charge in [0.25, 0.3) is 0 Å². The molecule has 1 heterocycles. The molecule has 2 rings (SSSR count). The van der Waals surface area contributed by atoms with Gasteiger partial charge in [0.15, 0.2) is 11.6 Å². The summed E-state index contributed by atoms with van der Waals surface area (Å²) in [4.78, 5) is 4.16. The van der Waals surface area contributed by atoms with Gasteiger partial charge in [0, 0.05) is 18.3 Å². The minimum Gasteiger partial charge on any atom is -0.436 e. The van der Waals surface area contributed by atoms with Crippen LogP contribution in [0.1, 0.15) is 18.9 Å². The second-order valence-electron chi connectivity index (χ2n) is 4.41. The predicted molar refractivity (Wildman–Crippen MR) is 72.7 cm³/mol. The van der Waals surface area contributed by atoms with Crippen molar-refractivity contribution in [3.8, 4) is 11.6 Å². The van der Waals surface area contributed by atoms with Crippen molar-refractivity contribution in [2.75, 3.05) is 0 Å². The van der Waals surface area contributed by atoms with Crippen molar-refractivity contribution in [3.05, 3.63) is 54.0 Å². The third-order valence-corrected chi connectivity index (χ3v) is 2.87. The summed E-state index contributed by atoms with van der Waals surface area (Å²) in [5.41, 5.74) is 6.93. The van der Waals surface area contributed by atoms with Crippen molar-refractivity contribution >= 4 is 0 Å². The Hall–Kier alpha value is -1.94. The van der Waals surface area contributed by atoms with Crippen LogP contribution in [0.15, 0.2) is 42.6 Å². The fourth-order valence-electron chi connectivity index (χ4n) is 1.68. The molecular weight excluding hydrogens is 243 g/mol. The number of rotatable bonds is 5. The maximum absolute atomic E-state index is 13.4. The minimum absolute atomic E-state index is 0.139. The molecule has 0 spiro atoms. The van der Waals surface area contributed by atoms with E-state index in [1.165, 1.54) is 6.07 Å². The SMILES string of the molecule is CCC(N)Cc1ccc(Oc2ccccc2F)nc1. The molecule has 0 amide bonds. The van der Waals surface area contributed by atoms with E-state index < -0.39 is 5.82 Å². The molecular formula is C15H17FN2O. The molecule has 0 aliphatic carbocycles. The second kappa shape index (κ2) is 6.29. The number of pyridine rings is 1. The van der Waals surface area contributed by atoms with Crippen LogP contribution in [0, 0.1) is 5.82 Å². The highest BCUT2D eigenvalue weighted by Crippen LogP contribution is 2.22. The van der Waals surface area contributed by atoms with E-state index in [0.29, 0.717) is 5.88 Å². The number of benzene rings is 1.